The second-order valence-electron chi connectivity index (χ2n) is 23.5. The van der Waals surface area contributed by atoms with E-state index in [0.29, 0.717) is 96.9 Å². The van der Waals surface area contributed by atoms with Crippen molar-refractivity contribution in [2.45, 2.75) is 211 Å². The average Bonchev–Trinajstić information content (AvgIpc) is 3.39. The number of hydrogen-bond acceptors (Lipinski definition) is 28. The first-order valence-electron chi connectivity index (χ1n) is 31.7. The van der Waals surface area contributed by atoms with E-state index >= 15 is 0 Å². The molecule has 12 N–H and O–H groups in total. The maximum Gasteiger partial charge on any atom is 0.472 e. The second kappa shape index (κ2) is 46.0. The maximum absolute atomic E-state index is 12.6. The van der Waals surface area contributed by atoms with Crippen molar-refractivity contribution in [1.82, 2.24) is 0 Å². The zero-order valence-corrected chi connectivity index (χ0v) is 55.9. The molecule has 0 aliphatic carbocycles. The van der Waals surface area contributed by atoms with Gasteiger partial charge in [-0.2, -0.15) is 0 Å². The van der Waals surface area contributed by atoms with Gasteiger partial charge in [0.2, 0.25) is 0 Å². The highest BCUT2D eigenvalue weighted by molar-refractivity contribution is 7.47. The predicted molar refractivity (Wildman–Crippen MR) is 319 cm³/mol. The van der Waals surface area contributed by atoms with E-state index in [2.05, 4.69) is 0 Å². The summed E-state index contributed by atoms with van der Waals surface area (Å²) >= 11 is 0. The van der Waals surface area contributed by atoms with Gasteiger partial charge in [0.05, 0.1) is 116 Å². The lowest BCUT2D eigenvalue weighted by molar-refractivity contribution is -0.282. The molecule has 0 bridgehead atoms. The van der Waals surface area contributed by atoms with Crippen molar-refractivity contribution < 1.29 is 149 Å². The third kappa shape index (κ3) is 33.2. The van der Waals surface area contributed by atoms with Crippen LogP contribution in [0.1, 0.15) is 131 Å². The lowest BCUT2D eigenvalue weighted by Crippen LogP contribution is -2.55. The topological polar surface area (TPSA) is 442 Å². The third-order valence-corrected chi connectivity index (χ3v) is 18.4. The van der Waals surface area contributed by atoms with Gasteiger partial charge in [-0.05, 0) is 71.6 Å². The molecule has 3 aliphatic heterocycles. The summed E-state index contributed by atoms with van der Waals surface area (Å²) in [6, 6.07) is 0. The monoisotopic (exact) mass is 1370 g/mol. The smallest absolute Gasteiger partial charge is 0.394 e. The summed E-state index contributed by atoms with van der Waals surface area (Å²) in [6.07, 6.45) is -4.45. The number of aliphatic hydroxyl groups excluding tert-OH is 9. The van der Waals surface area contributed by atoms with Gasteiger partial charge in [-0.1, -0.05) is 59.3 Å². The number of hydrogen-bond donors (Lipinski definition) is 12. The van der Waals surface area contributed by atoms with Gasteiger partial charge in [-0.3, -0.25) is 27.1 Å². The molecule has 0 radical (unpaired) electrons. The van der Waals surface area contributed by atoms with E-state index in [1.807, 2.05) is 13.8 Å². The Hall–Kier alpha value is -0.430. The van der Waals surface area contributed by atoms with E-state index in [1.165, 1.54) is 0 Å². The van der Waals surface area contributed by atoms with Crippen LogP contribution >= 0.6 is 23.5 Å². The molecule has 3 saturated heterocycles. The van der Waals surface area contributed by atoms with Crippen LogP contribution in [0, 0.1) is 23.2 Å². The van der Waals surface area contributed by atoms with E-state index in [4.69, 9.17) is 74.5 Å². The summed E-state index contributed by atoms with van der Waals surface area (Å²) in [5.41, 5.74) is -0.942. The minimum atomic E-state index is -4.39. The van der Waals surface area contributed by atoms with Crippen molar-refractivity contribution in [3.63, 3.8) is 0 Å². The van der Waals surface area contributed by atoms with Crippen molar-refractivity contribution >= 4 is 23.5 Å². The van der Waals surface area contributed by atoms with Crippen LogP contribution in [-0.4, -0.2) is 266 Å². The van der Waals surface area contributed by atoms with Gasteiger partial charge in [-0.25, -0.2) is 13.7 Å². The molecule has 3 aliphatic rings. The summed E-state index contributed by atoms with van der Waals surface area (Å²) in [7, 11) is -13.2. The molecule has 0 spiro atoms. The van der Waals surface area contributed by atoms with E-state index < -0.39 is 140 Å². The highest BCUT2D eigenvalue weighted by Crippen LogP contribution is 2.45. The van der Waals surface area contributed by atoms with E-state index in [9.17, 15) is 74.3 Å². The fraction of sp³-hybridized carbons (Fsp3) is 1.00. The molecule has 31 nitrogen and oxygen atoms in total. The SMILES string of the molecule is CC(C)OCC(COCCCOP(=O)(O)OCCCCCCO[C@@H]1OC(CO)[C@H](O)[C@H](O)C1C)(COCCCOP(=O)(O)OCCCCCCO[C@@H]1OC(CO)[C@H](O)[C@H](O)C1C)COCCCOP(=O)(O)OCCCCCCO[C@@H]1OC(CO)[C@H](O)[C@H](O)C1C. The van der Waals surface area contributed by atoms with Gasteiger partial charge in [0.25, 0.3) is 0 Å². The first-order valence-corrected chi connectivity index (χ1v) is 36.2. The Morgan fingerprint density at radius 1 is 0.356 bits per heavy atom. The fourth-order valence-corrected chi connectivity index (χ4v) is 12.0. The molecule has 3 rings (SSSR count). The van der Waals surface area contributed by atoms with Gasteiger partial charge in [0.15, 0.2) is 18.9 Å². The number of rotatable bonds is 54. The summed E-state index contributed by atoms with van der Waals surface area (Å²) in [5.74, 6) is -1.51. The number of aliphatic hydroxyl groups is 9. The highest BCUT2D eigenvalue weighted by Gasteiger charge is 2.45. The van der Waals surface area contributed by atoms with Crippen molar-refractivity contribution in [3.8, 4) is 0 Å². The minimum Gasteiger partial charge on any atom is -0.394 e. The molecule has 0 aromatic heterocycles. The van der Waals surface area contributed by atoms with E-state index in [1.54, 1.807) is 20.8 Å². The van der Waals surface area contributed by atoms with Crippen LogP contribution < -0.4 is 0 Å². The number of phosphoric acid groups is 3. The van der Waals surface area contributed by atoms with Gasteiger partial charge in [0, 0.05) is 57.4 Å². The van der Waals surface area contributed by atoms with E-state index in [-0.39, 0.29) is 111 Å². The Morgan fingerprint density at radius 2 is 0.600 bits per heavy atom. The van der Waals surface area contributed by atoms with Crippen LogP contribution in [0.3, 0.4) is 0 Å². The van der Waals surface area contributed by atoms with Crippen molar-refractivity contribution in [3.05, 3.63) is 0 Å². The van der Waals surface area contributed by atoms with Crippen molar-refractivity contribution in [2.75, 3.05) is 126 Å². The predicted octanol–water partition coefficient (Wildman–Crippen LogP) is 2.98. The third-order valence-electron chi connectivity index (χ3n) is 15.3. The first kappa shape index (κ1) is 83.8. The summed E-state index contributed by atoms with van der Waals surface area (Å²) in [4.78, 5) is 30.9. The molecule has 0 aromatic carbocycles. The van der Waals surface area contributed by atoms with Crippen molar-refractivity contribution in [2.24, 2.45) is 23.2 Å². The Morgan fingerprint density at radius 3 is 0.844 bits per heavy atom. The van der Waals surface area contributed by atoms with E-state index in [0.717, 1.165) is 0 Å². The molecule has 0 amide bonds. The molecule has 90 heavy (non-hydrogen) atoms. The van der Waals surface area contributed by atoms with Crippen LogP contribution in [0.2, 0.25) is 0 Å². The lowest BCUT2D eigenvalue weighted by atomic mass is 9.92. The molecule has 34 heteroatoms. The number of unbranched alkanes of at least 4 members (excludes halogenated alkanes) is 9. The Balaban J connectivity index is 1.40. The maximum atomic E-state index is 12.6. The molecular weight excluding hydrogens is 1260 g/mol. The second-order valence-corrected chi connectivity index (χ2v) is 27.9. The first-order chi connectivity index (χ1) is 42.8. The zero-order chi connectivity index (χ0) is 66.6. The van der Waals surface area contributed by atoms with Gasteiger partial charge in [0.1, 0.15) is 36.6 Å². The number of phosphoric ester groups is 3. The lowest BCUT2D eigenvalue weighted by Gasteiger charge is -2.40. The van der Waals surface area contributed by atoms with Crippen LogP contribution in [0.4, 0.5) is 0 Å². The van der Waals surface area contributed by atoms with Crippen LogP contribution in [0.5, 0.6) is 0 Å². The number of ether oxygens (including phenoxy) is 10. The van der Waals surface area contributed by atoms with Gasteiger partial charge in [-0.15, -0.1) is 0 Å². The summed E-state index contributed by atoms with van der Waals surface area (Å²) < 4.78 is 127. The molecule has 3 fully saturated rings. The fourth-order valence-electron chi connectivity index (χ4n) is 9.64. The Bertz CT molecular complexity index is 1760. The van der Waals surface area contributed by atoms with Crippen LogP contribution in [0.15, 0.2) is 0 Å². The molecule has 0 saturated carbocycles. The molecule has 3 heterocycles. The standard InChI is InChI=1S/C56H111O31P3/c1-40(2)78-39-56(36-72-21-18-30-82-88(66,67)79-27-15-9-6-12-24-75-53-41(3)47(60)50(63)44(33-57)85-53,37-73-22-19-31-83-89(68,69)80-28-16-10-7-13-25-76-54-42(4)48(61)51(64)45(34-58)86-54)38-74-23-20-32-84-90(70,71)81-29-17-11-8-14-26-77-55-43(5)49(62)52(65)46(35-59)87-55/h40-55,57-65H,6-39H2,1-5H3,(H,66,67)(H,68,69)(H,70,71)/t41?,42?,43?,44?,45?,46?,47-,48-,49-,50+,51+,52+,53-,54-,55-,56?/m1/s1. The molecule has 9 unspecified atom stereocenters. The largest absolute Gasteiger partial charge is 0.472 e. The van der Waals surface area contributed by atoms with Crippen LogP contribution in [0.25, 0.3) is 0 Å². The van der Waals surface area contributed by atoms with Crippen molar-refractivity contribution in [1.29, 1.82) is 0 Å². The van der Waals surface area contributed by atoms with Crippen LogP contribution in [-0.2, 0) is 88.2 Å². The normalized spacial score (nSPS) is 30.3. The quantitative estimate of drug-likeness (QED) is 0.0308. The molecular formula is C56H111O31P3. The highest BCUT2D eigenvalue weighted by atomic mass is 31.2. The summed E-state index contributed by atoms with van der Waals surface area (Å²) in [5, 5.41) is 89.1. The summed E-state index contributed by atoms with van der Waals surface area (Å²) in [6.45, 7) is 8.03. The minimum absolute atomic E-state index is 0.0219. The van der Waals surface area contributed by atoms with Gasteiger partial charge >= 0.3 is 23.5 Å². The molecule has 18 atom stereocenters. The molecule has 536 valence electrons. The molecule has 0 aromatic rings. The zero-order valence-electron chi connectivity index (χ0n) is 53.2. The Labute approximate surface area is 530 Å². The van der Waals surface area contributed by atoms with Gasteiger partial charge < -0.3 is 108 Å². The Kier molecular flexibility index (Phi) is 42.8. The average molecular weight is 1370 g/mol.